The summed E-state index contributed by atoms with van der Waals surface area (Å²) in [5.41, 5.74) is 2.40. The molecule has 0 unspecified atom stereocenters. The van der Waals surface area contributed by atoms with E-state index in [1.165, 1.54) is 49.7 Å². The first-order valence-corrected chi connectivity index (χ1v) is 12.2. The van der Waals surface area contributed by atoms with Gasteiger partial charge in [0.05, 0.1) is 32.0 Å². The highest BCUT2D eigenvalue weighted by Gasteiger charge is 2.14. The molecule has 1 heterocycles. The molecule has 6 heteroatoms. The third-order valence-corrected chi connectivity index (χ3v) is 5.96. The van der Waals surface area contributed by atoms with Gasteiger partial charge in [-0.2, -0.15) is 0 Å². The zero-order valence-corrected chi connectivity index (χ0v) is 19.2. The Morgan fingerprint density at radius 3 is 2.48 bits per heavy atom. The first kappa shape index (κ1) is 24.0. The molecule has 1 aromatic carbocycles. The Hall–Kier alpha value is -1.63. The van der Waals surface area contributed by atoms with Gasteiger partial charge in [0, 0.05) is 26.3 Å². The number of nitrogens with one attached hydrogen (secondary N) is 2. The fourth-order valence-electron chi connectivity index (χ4n) is 4.19. The van der Waals surface area contributed by atoms with Crippen LogP contribution in [0.2, 0.25) is 0 Å². The van der Waals surface area contributed by atoms with Crippen molar-refractivity contribution in [2.45, 2.75) is 83.6 Å². The van der Waals surface area contributed by atoms with E-state index < -0.39 is 0 Å². The molecule has 1 aliphatic carbocycles. The van der Waals surface area contributed by atoms with Crippen molar-refractivity contribution in [3.8, 4) is 0 Å². The molecule has 3 rings (SSSR count). The number of nitrogens with zero attached hydrogens (tertiary/aromatic N) is 1. The molecule has 1 aliphatic heterocycles. The van der Waals surface area contributed by atoms with Crippen LogP contribution in [0.15, 0.2) is 29.3 Å². The van der Waals surface area contributed by atoms with E-state index in [0.29, 0.717) is 25.4 Å². The lowest BCUT2D eigenvalue weighted by Gasteiger charge is -2.22. The summed E-state index contributed by atoms with van der Waals surface area (Å²) < 4.78 is 17.5. The summed E-state index contributed by atoms with van der Waals surface area (Å²) >= 11 is 0. The van der Waals surface area contributed by atoms with E-state index in [1.54, 1.807) is 0 Å². The number of hydrogen-bond acceptors (Lipinski definition) is 4. The van der Waals surface area contributed by atoms with Crippen molar-refractivity contribution in [3.05, 3.63) is 35.4 Å². The number of rotatable bonds is 10. The molecule has 6 nitrogen and oxygen atoms in total. The standard InChI is InChI=1S/C25H41N3O3/c1-2-26-25(27-14-17-30-23-10-5-3-4-6-11-23)28-19-21-8-7-9-22(18-21)20-31-24-12-15-29-16-13-24/h7-9,18,23-24H,2-6,10-17,19-20H2,1H3,(H2,26,27,28). The topological polar surface area (TPSA) is 64.1 Å². The Morgan fingerprint density at radius 1 is 0.968 bits per heavy atom. The largest absolute Gasteiger partial charge is 0.381 e. The summed E-state index contributed by atoms with van der Waals surface area (Å²) in [6, 6.07) is 8.54. The highest BCUT2D eigenvalue weighted by atomic mass is 16.5. The van der Waals surface area contributed by atoms with Crippen LogP contribution >= 0.6 is 0 Å². The molecular weight excluding hydrogens is 390 g/mol. The average molecular weight is 432 g/mol. The van der Waals surface area contributed by atoms with Gasteiger partial charge in [-0.3, -0.25) is 0 Å². The smallest absolute Gasteiger partial charge is 0.191 e. The molecule has 2 fully saturated rings. The lowest BCUT2D eigenvalue weighted by molar-refractivity contribution is -0.0390. The quantitative estimate of drug-likeness (QED) is 0.252. The van der Waals surface area contributed by atoms with Crippen molar-refractivity contribution in [2.24, 2.45) is 4.99 Å². The van der Waals surface area contributed by atoms with E-state index in [-0.39, 0.29) is 0 Å². The van der Waals surface area contributed by atoms with Gasteiger partial charge in [-0.25, -0.2) is 4.99 Å². The maximum atomic E-state index is 6.08. The lowest BCUT2D eigenvalue weighted by Crippen LogP contribution is -2.39. The van der Waals surface area contributed by atoms with Crippen LogP contribution in [-0.2, 0) is 27.4 Å². The Morgan fingerprint density at radius 2 is 1.71 bits per heavy atom. The summed E-state index contributed by atoms with van der Waals surface area (Å²) in [7, 11) is 0. The average Bonchev–Trinajstić information content (AvgIpc) is 3.09. The molecular formula is C25H41N3O3. The third kappa shape index (κ3) is 9.58. The van der Waals surface area contributed by atoms with Gasteiger partial charge in [0.15, 0.2) is 5.96 Å². The molecule has 0 radical (unpaired) electrons. The monoisotopic (exact) mass is 431 g/mol. The second kappa shape index (κ2) is 14.4. The van der Waals surface area contributed by atoms with Crippen LogP contribution < -0.4 is 10.6 Å². The Bertz CT molecular complexity index is 639. The highest BCUT2D eigenvalue weighted by Crippen LogP contribution is 2.19. The summed E-state index contributed by atoms with van der Waals surface area (Å²) in [6.45, 7) is 7.36. The van der Waals surface area contributed by atoms with Gasteiger partial charge in [0.1, 0.15) is 0 Å². The minimum atomic E-state index is 0.320. The van der Waals surface area contributed by atoms with E-state index in [2.05, 4.69) is 41.8 Å². The molecule has 174 valence electrons. The molecule has 0 bridgehead atoms. The van der Waals surface area contributed by atoms with Gasteiger partial charge in [-0.1, -0.05) is 49.9 Å². The first-order chi connectivity index (χ1) is 15.3. The van der Waals surface area contributed by atoms with E-state index in [1.807, 2.05) is 0 Å². The minimum Gasteiger partial charge on any atom is -0.381 e. The van der Waals surface area contributed by atoms with E-state index in [9.17, 15) is 0 Å². The predicted molar refractivity (Wildman–Crippen MR) is 125 cm³/mol. The van der Waals surface area contributed by atoms with Gasteiger partial charge < -0.3 is 24.8 Å². The van der Waals surface area contributed by atoms with Crippen molar-refractivity contribution < 1.29 is 14.2 Å². The molecule has 1 saturated heterocycles. The van der Waals surface area contributed by atoms with Crippen molar-refractivity contribution in [1.82, 2.24) is 10.6 Å². The lowest BCUT2D eigenvalue weighted by atomic mass is 10.1. The second-order valence-corrected chi connectivity index (χ2v) is 8.55. The molecule has 0 atom stereocenters. The summed E-state index contributed by atoms with van der Waals surface area (Å²) in [5, 5.41) is 6.74. The van der Waals surface area contributed by atoms with Gasteiger partial charge in [0.25, 0.3) is 0 Å². The van der Waals surface area contributed by atoms with Crippen LogP contribution in [-0.4, -0.2) is 51.1 Å². The van der Waals surface area contributed by atoms with E-state index >= 15 is 0 Å². The number of hydrogen-bond donors (Lipinski definition) is 2. The normalized spacial score (nSPS) is 19.2. The number of ether oxygens (including phenoxy) is 3. The van der Waals surface area contributed by atoms with Gasteiger partial charge in [-0.15, -0.1) is 0 Å². The van der Waals surface area contributed by atoms with Crippen LogP contribution in [0.3, 0.4) is 0 Å². The summed E-state index contributed by atoms with van der Waals surface area (Å²) in [6.07, 6.45) is 10.5. The Kier molecular flexibility index (Phi) is 11.2. The van der Waals surface area contributed by atoms with Crippen molar-refractivity contribution in [3.63, 3.8) is 0 Å². The maximum Gasteiger partial charge on any atom is 0.191 e. The zero-order chi connectivity index (χ0) is 21.6. The SMILES string of the molecule is CCNC(=NCc1cccc(COC2CCOCC2)c1)NCCOC1CCCCCC1. The molecule has 1 aromatic rings. The minimum absolute atomic E-state index is 0.320. The van der Waals surface area contributed by atoms with Crippen LogP contribution in [0.4, 0.5) is 0 Å². The fourth-order valence-corrected chi connectivity index (χ4v) is 4.19. The van der Waals surface area contributed by atoms with Crippen molar-refractivity contribution >= 4 is 5.96 Å². The molecule has 31 heavy (non-hydrogen) atoms. The molecule has 1 saturated carbocycles. The van der Waals surface area contributed by atoms with Crippen LogP contribution in [0.1, 0.15) is 69.4 Å². The molecule has 0 spiro atoms. The van der Waals surface area contributed by atoms with Gasteiger partial charge in [-0.05, 0) is 43.7 Å². The van der Waals surface area contributed by atoms with E-state index in [4.69, 9.17) is 19.2 Å². The zero-order valence-electron chi connectivity index (χ0n) is 19.2. The van der Waals surface area contributed by atoms with Crippen LogP contribution in [0.25, 0.3) is 0 Å². The number of guanidine groups is 1. The van der Waals surface area contributed by atoms with Crippen LogP contribution in [0.5, 0.6) is 0 Å². The predicted octanol–water partition coefficient (Wildman–Crippen LogP) is 4.18. The first-order valence-electron chi connectivity index (χ1n) is 12.2. The third-order valence-electron chi connectivity index (χ3n) is 5.96. The van der Waals surface area contributed by atoms with Crippen molar-refractivity contribution in [1.29, 1.82) is 0 Å². The highest BCUT2D eigenvalue weighted by molar-refractivity contribution is 5.79. The second-order valence-electron chi connectivity index (χ2n) is 8.55. The Labute approximate surface area is 188 Å². The maximum absolute atomic E-state index is 6.08. The molecule has 0 amide bonds. The van der Waals surface area contributed by atoms with E-state index in [0.717, 1.165) is 51.7 Å². The number of aliphatic imine (C=N–C) groups is 1. The molecule has 2 N–H and O–H groups in total. The summed E-state index contributed by atoms with van der Waals surface area (Å²) in [5.74, 6) is 0.843. The number of benzene rings is 1. The molecule has 2 aliphatic rings. The van der Waals surface area contributed by atoms with Gasteiger partial charge >= 0.3 is 0 Å². The van der Waals surface area contributed by atoms with Crippen LogP contribution in [0, 0.1) is 0 Å². The van der Waals surface area contributed by atoms with Gasteiger partial charge in [0.2, 0.25) is 0 Å². The van der Waals surface area contributed by atoms with Crippen molar-refractivity contribution in [2.75, 3.05) is 32.9 Å². The fraction of sp³-hybridized carbons (Fsp3) is 0.720. The Balaban J connectivity index is 1.41. The molecule has 0 aromatic heterocycles. The summed E-state index contributed by atoms with van der Waals surface area (Å²) in [4.78, 5) is 4.76.